The Labute approximate surface area is 102 Å². The van der Waals surface area contributed by atoms with Crippen molar-refractivity contribution in [3.8, 4) is 0 Å². The van der Waals surface area contributed by atoms with Gasteiger partial charge in [0.15, 0.2) is 0 Å². The molecule has 0 spiro atoms. The maximum atomic E-state index is 12.0. The largest absolute Gasteiger partial charge is 0.480 e. The van der Waals surface area contributed by atoms with E-state index in [1.165, 1.54) is 18.3 Å². The Morgan fingerprint density at radius 2 is 2.11 bits per heavy atom. The molecule has 2 rings (SSSR count). The Morgan fingerprint density at radius 3 is 2.67 bits per heavy atom. The Morgan fingerprint density at radius 1 is 1.39 bits per heavy atom. The number of likely N-dealkylation sites (tertiary alicyclic amines) is 1. The van der Waals surface area contributed by atoms with Gasteiger partial charge in [0.25, 0.3) is 5.91 Å². The zero-order valence-electron chi connectivity index (χ0n) is 9.37. The van der Waals surface area contributed by atoms with Crippen molar-refractivity contribution in [1.82, 2.24) is 9.88 Å². The molecular formula is C11H12N2O5. The van der Waals surface area contributed by atoms with E-state index < -0.39 is 24.0 Å². The molecule has 1 fully saturated rings. The predicted molar refractivity (Wildman–Crippen MR) is 60.1 cm³/mol. The fraction of sp³-hybridized carbons (Fsp3) is 0.364. The first-order valence-corrected chi connectivity index (χ1v) is 5.39. The average Bonchev–Trinajstić information content (AvgIpc) is 2.71. The van der Waals surface area contributed by atoms with Crippen LogP contribution in [0, 0.1) is 0 Å². The highest BCUT2D eigenvalue weighted by atomic mass is 16.4. The van der Waals surface area contributed by atoms with Crippen LogP contribution < -0.4 is 5.56 Å². The number of carbonyl (C=O) groups is 2. The number of hydrogen-bond acceptors (Lipinski definition) is 4. The molecule has 1 aromatic rings. The lowest BCUT2D eigenvalue weighted by molar-refractivity contribution is -0.141. The topological polar surface area (TPSA) is 111 Å². The maximum absolute atomic E-state index is 12.0. The summed E-state index contributed by atoms with van der Waals surface area (Å²) in [6, 6.07) is 1.49. The number of hydrogen-bond donors (Lipinski definition) is 3. The Kier molecular flexibility index (Phi) is 3.15. The summed E-state index contributed by atoms with van der Waals surface area (Å²) in [5.41, 5.74) is -0.155. The maximum Gasteiger partial charge on any atom is 0.326 e. The summed E-state index contributed by atoms with van der Waals surface area (Å²) in [6.07, 6.45) is 0.413. The number of carboxylic acid groups (broad SMARTS) is 1. The number of aromatic amines is 1. The minimum Gasteiger partial charge on any atom is -0.480 e. The number of carbonyl (C=O) groups excluding carboxylic acids is 1. The lowest BCUT2D eigenvalue weighted by atomic mass is 10.2. The van der Waals surface area contributed by atoms with Crippen LogP contribution in [0.5, 0.6) is 0 Å². The monoisotopic (exact) mass is 252 g/mol. The molecule has 18 heavy (non-hydrogen) atoms. The number of H-pyrrole nitrogens is 1. The van der Waals surface area contributed by atoms with E-state index in [4.69, 9.17) is 5.11 Å². The molecule has 0 radical (unpaired) electrons. The molecule has 1 saturated heterocycles. The van der Waals surface area contributed by atoms with E-state index in [0.29, 0.717) is 0 Å². The second-order valence-corrected chi connectivity index (χ2v) is 4.14. The quantitative estimate of drug-likeness (QED) is 0.627. The first kappa shape index (κ1) is 12.3. The number of rotatable bonds is 2. The highest BCUT2D eigenvalue weighted by Gasteiger charge is 2.39. The zero-order chi connectivity index (χ0) is 13.3. The molecule has 1 amide bonds. The van der Waals surface area contributed by atoms with Gasteiger partial charge in [-0.1, -0.05) is 0 Å². The third-order valence-electron chi connectivity index (χ3n) is 2.86. The van der Waals surface area contributed by atoms with Gasteiger partial charge < -0.3 is 20.1 Å². The van der Waals surface area contributed by atoms with E-state index in [-0.39, 0.29) is 24.1 Å². The van der Waals surface area contributed by atoms with Gasteiger partial charge in [0.05, 0.1) is 11.7 Å². The summed E-state index contributed by atoms with van der Waals surface area (Å²) < 4.78 is 0. The molecule has 3 N–H and O–H groups in total. The number of amides is 1. The van der Waals surface area contributed by atoms with Crippen molar-refractivity contribution < 1.29 is 19.8 Å². The van der Waals surface area contributed by atoms with Gasteiger partial charge >= 0.3 is 5.97 Å². The number of aliphatic carboxylic acids is 1. The molecule has 1 aliphatic rings. The number of pyridine rings is 1. The molecular weight excluding hydrogens is 240 g/mol. The SMILES string of the molecule is O=C(O)[C@@H]1C[C@@H](O)CN1C(=O)c1ccc(=O)[nH]c1. The van der Waals surface area contributed by atoms with E-state index in [2.05, 4.69) is 4.98 Å². The average molecular weight is 252 g/mol. The molecule has 96 valence electrons. The van der Waals surface area contributed by atoms with Crippen molar-refractivity contribution in [3.63, 3.8) is 0 Å². The molecule has 0 bridgehead atoms. The van der Waals surface area contributed by atoms with Crippen LogP contribution in [0.4, 0.5) is 0 Å². The number of β-amino-alcohol motifs (C(OH)–C–C–N with tert-alkyl or cyclic N) is 1. The standard InChI is InChI=1S/C11H12N2O5/c14-7-3-8(11(17)18)13(5-7)10(16)6-1-2-9(15)12-4-6/h1-2,4,7-8,14H,3,5H2,(H,12,15)(H,17,18)/t7-,8+/m1/s1. The molecule has 2 heterocycles. The Bertz CT molecular complexity index is 518. The van der Waals surface area contributed by atoms with Gasteiger partial charge in [0.1, 0.15) is 6.04 Å². The van der Waals surface area contributed by atoms with Gasteiger partial charge in [-0.05, 0) is 6.07 Å². The van der Waals surface area contributed by atoms with Crippen molar-refractivity contribution in [1.29, 1.82) is 0 Å². The van der Waals surface area contributed by atoms with Crippen LogP contribution in [-0.4, -0.2) is 50.7 Å². The van der Waals surface area contributed by atoms with Crippen molar-refractivity contribution in [2.24, 2.45) is 0 Å². The summed E-state index contributed by atoms with van der Waals surface area (Å²) in [4.78, 5) is 37.4. The molecule has 0 saturated carbocycles. The van der Waals surface area contributed by atoms with E-state index >= 15 is 0 Å². The number of aromatic nitrogens is 1. The second kappa shape index (κ2) is 4.61. The van der Waals surface area contributed by atoms with Crippen molar-refractivity contribution >= 4 is 11.9 Å². The molecule has 0 aromatic carbocycles. The molecule has 7 nitrogen and oxygen atoms in total. The fourth-order valence-corrected chi connectivity index (χ4v) is 1.98. The smallest absolute Gasteiger partial charge is 0.326 e. The van der Waals surface area contributed by atoms with Crippen LogP contribution in [0.2, 0.25) is 0 Å². The molecule has 1 aliphatic heterocycles. The summed E-state index contributed by atoms with van der Waals surface area (Å²) in [5.74, 6) is -1.67. The number of aliphatic hydroxyl groups excluding tert-OH is 1. The Balaban J connectivity index is 2.25. The van der Waals surface area contributed by atoms with E-state index in [0.717, 1.165) is 4.90 Å². The zero-order valence-corrected chi connectivity index (χ0v) is 9.37. The van der Waals surface area contributed by atoms with Gasteiger partial charge in [-0.2, -0.15) is 0 Å². The number of nitrogens with zero attached hydrogens (tertiary/aromatic N) is 1. The van der Waals surface area contributed by atoms with Crippen molar-refractivity contribution in [3.05, 3.63) is 34.2 Å². The number of aliphatic hydroxyl groups is 1. The third-order valence-corrected chi connectivity index (χ3v) is 2.86. The van der Waals surface area contributed by atoms with Crippen molar-refractivity contribution in [2.45, 2.75) is 18.6 Å². The predicted octanol–water partition coefficient (Wildman–Crippen LogP) is -0.965. The summed E-state index contributed by atoms with van der Waals surface area (Å²) in [7, 11) is 0. The van der Waals surface area contributed by atoms with E-state index in [1.807, 2.05) is 0 Å². The van der Waals surface area contributed by atoms with E-state index in [9.17, 15) is 19.5 Å². The first-order chi connectivity index (χ1) is 8.49. The second-order valence-electron chi connectivity index (χ2n) is 4.14. The molecule has 0 aliphatic carbocycles. The molecule has 2 atom stereocenters. The minimum absolute atomic E-state index is 0.0183. The van der Waals surface area contributed by atoms with Crippen LogP contribution in [-0.2, 0) is 4.79 Å². The first-order valence-electron chi connectivity index (χ1n) is 5.39. The summed E-state index contributed by atoms with van der Waals surface area (Å²) in [5, 5.41) is 18.4. The van der Waals surface area contributed by atoms with Crippen LogP contribution in [0.25, 0.3) is 0 Å². The fourth-order valence-electron chi connectivity index (χ4n) is 1.98. The van der Waals surface area contributed by atoms with Gasteiger partial charge in [0.2, 0.25) is 5.56 Å². The highest BCUT2D eigenvalue weighted by molar-refractivity contribution is 5.96. The summed E-state index contributed by atoms with van der Waals surface area (Å²) in [6.45, 7) is -0.0189. The van der Waals surface area contributed by atoms with E-state index in [1.54, 1.807) is 0 Å². The number of nitrogens with one attached hydrogen (secondary N) is 1. The molecule has 0 unspecified atom stereocenters. The summed E-state index contributed by atoms with van der Waals surface area (Å²) >= 11 is 0. The highest BCUT2D eigenvalue weighted by Crippen LogP contribution is 2.20. The van der Waals surface area contributed by atoms with Gasteiger partial charge in [0, 0.05) is 25.2 Å². The van der Waals surface area contributed by atoms with Crippen LogP contribution >= 0.6 is 0 Å². The normalized spacial score (nSPS) is 23.1. The minimum atomic E-state index is -1.15. The van der Waals surface area contributed by atoms with Crippen LogP contribution in [0.3, 0.4) is 0 Å². The lowest BCUT2D eigenvalue weighted by Crippen LogP contribution is -2.40. The van der Waals surface area contributed by atoms with Gasteiger partial charge in [-0.3, -0.25) is 9.59 Å². The van der Waals surface area contributed by atoms with Gasteiger partial charge in [-0.15, -0.1) is 0 Å². The number of carboxylic acids is 1. The Hall–Kier alpha value is -2.15. The van der Waals surface area contributed by atoms with Crippen molar-refractivity contribution in [2.75, 3.05) is 6.54 Å². The molecule has 7 heteroatoms. The van der Waals surface area contributed by atoms with Crippen LogP contribution in [0.1, 0.15) is 16.8 Å². The van der Waals surface area contributed by atoms with Gasteiger partial charge in [-0.25, -0.2) is 4.79 Å². The lowest BCUT2D eigenvalue weighted by Gasteiger charge is -2.20. The molecule has 1 aromatic heterocycles. The van der Waals surface area contributed by atoms with Crippen LogP contribution in [0.15, 0.2) is 23.1 Å². The third kappa shape index (κ3) is 2.25.